The third kappa shape index (κ3) is 2.28. The Morgan fingerprint density at radius 1 is 1.27 bits per heavy atom. The number of rotatable bonds is 3. The van der Waals surface area contributed by atoms with Crippen LogP contribution in [0.25, 0.3) is 0 Å². The lowest BCUT2D eigenvalue weighted by Crippen LogP contribution is -2.59. The van der Waals surface area contributed by atoms with Gasteiger partial charge in [-0.2, -0.15) is 4.31 Å². The molecule has 0 aromatic heterocycles. The van der Waals surface area contributed by atoms with Gasteiger partial charge in [0, 0.05) is 19.1 Å². The van der Waals surface area contributed by atoms with Gasteiger partial charge in [0.1, 0.15) is 16.7 Å². The van der Waals surface area contributed by atoms with Gasteiger partial charge in [0.2, 0.25) is 15.9 Å². The SMILES string of the molecule is COc1ccccc1S(=O)(=O)N1C[C@H]2CCCN2C(=O)[C@H]1C. The van der Waals surface area contributed by atoms with Gasteiger partial charge in [-0.3, -0.25) is 4.79 Å². The van der Waals surface area contributed by atoms with E-state index >= 15 is 0 Å². The van der Waals surface area contributed by atoms with E-state index < -0.39 is 16.1 Å². The number of amides is 1. The molecular formula is C15H20N2O4S. The maximum absolute atomic E-state index is 13.0. The lowest BCUT2D eigenvalue weighted by atomic mass is 10.1. The van der Waals surface area contributed by atoms with Gasteiger partial charge in [-0.05, 0) is 31.9 Å². The Morgan fingerprint density at radius 3 is 2.73 bits per heavy atom. The molecule has 2 fully saturated rings. The number of fused-ring (bicyclic) bond motifs is 1. The highest BCUT2D eigenvalue weighted by Gasteiger charge is 2.45. The molecule has 1 aromatic rings. The molecule has 2 saturated heterocycles. The minimum absolute atomic E-state index is 0.00631. The third-order valence-electron chi connectivity index (χ3n) is 4.50. The van der Waals surface area contributed by atoms with Crippen LogP contribution in [0.15, 0.2) is 29.2 Å². The van der Waals surface area contributed by atoms with Crippen molar-refractivity contribution in [2.75, 3.05) is 20.2 Å². The highest BCUT2D eigenvalue weighted by molar-refractivity contribution is 7.89. The zero-order valence-corrected chi connectivity index (χ0v) is 13.5. The number of sulfonamides is 1. The minimum atomic E-state index is -3.76. The number of benzene rings is 1. The minimum Gasteiger partial charge on any atom is -0.495 e. The molecule has 120 valence electrons. The fourth-order valence-electron chi connectivity index (χ4n) is 3.31. The van der Waals surface area contributed by atoms with E-state index in [1.54, 1.807) is 25.1 Å². The molecule has 1 amide bonds. The van der Waals surface area contributed by atoms with Gasteiger partial charge >= 0.3 is 0 Å². The van der Waals surface area contributed by atoms with Crippen LogP contribution in [0.3, 0.4) is 0 Å². The summed E-state index contributed by atoms with van der Waals surface area (Å²) in [6, 6.07) is 5.84. The van der Waals surface area contributed by atoms with Crippen LogP contribution < -0.4 is 4.74 Å². The Hall–Kier alpha value is -1.60. The number of hydrogen-bond donors (Lipinski definition) is 0. The van der Waals surface area contributed by atoms with E-state index in [2.05, 4.69) is 0 Å². The average molecular weight is 324 g/mol. The van der Waals surface area contributed by atoms with Crippen LogP contribution in [0.1, 0.15) is 19.8 Å². The largest absolute Gasteiger partial charge is 0.495 e. The summed E-state index contributed by atoms with van der Waals surface area (Å²) in [6.07, 6.45) is 1.79. The number of carbonyl (C=O) groups excluding carboxylic acids is 1. The van der Waals surface area contributed by atoms with Gasteiger partial charge in [0.25, 0.3) is 0 Å². The van der Waals surface area contributed by atoms with Crippen molar-refractivity contribution in [1.29, 1.82) is 0 Å². The van der Waals surface area contributed by atoms with E-state index in [9.17, 15) is 13.2 Å². The second-order valence-electron chi connectivity index (χ2n) is 5.73. The Balaban J connectivity index is 2.00. The van der Waals surface area contributed by atoms with Crippen LogP contribution in [-0.2, 0) is 14.8 Å². The van der Waals surface area contributed by atoms with Gasteiger partial charge in [-0.15, -0.1) is 0 Å². The number of ether oxygens (including phenoxy) is 1. The molecule has 2 atom stereocenters. The fourth-order valence-corrected chi connectivity index (χ4v) is 5.09. The Kier molecular flexibility index (Phi) is 3.86. The molecule has 6 nitrogen and oxygen atoms in total. The highest BCUT2D eigenvalue weighted by Crippen LogP contribution is 2.32. The molecule has 2 aliphatic heterocycles. The smallest absolute Gasteiger partial charge is 0.247 e. The zero-order valence-electron chi connectivity index (χ0n) is 12.7. The standard InChI is InChI=1S/C15H20N2O4S/c1-11-15(18)16-9-5-6-12(16)10-17(11)22(19,20)14-8-4-3-7-13(14)21-2/h3-4,7-8,11-12H,5-6,9-10H2,1-2H3/t11-,12-/m1/s1. The number of para-hydroxylation sites is 1. The maximum Gasteiger partial charge on any atom is 0.247 e. The number of methoxy groups -OCH3 is 1. The molecule has 0 radical (unpaired) electrons. The van der Waals surface area contributed by atoms with E-state index in [0.717, 1.165) is 19.4 Å². The molecule has 7 heteroatoms. The molecule has 0 aliphatic carbocycles. The van der Waals surface area contributed by atoms with Crippen molar-refractivity contribution in [2.45, 2.75) is 36.7 Å². The average Bonchev–Trinajstić information content (AvgIpc) is 2.99. The second kappa shape index (κ2) is 5.55. The van der Waals surface area contributed by atoms with Crippen LogP contribution in [0, 0.1) is 0 Å². The first-order valence-electron chi connectivity index (χ1n) is 7.42. The van der Waals surface area contributed by atoms with Gasteiger partial charge in [0.15, 0.2) is 0 Å². The summed E-state index contributed by atoms with van der Waals surface area (Å²) in [6.45, 7) is 2.74. The molecule has 3 rings (SSSR count). The first-order valence-corrected chi connectivity index (χ1v) is 8.86. The fraction of sp³-hybridized carbons (Fsp3) is 0.533. The van der Waals surface area contributed by atoms with E-state index in [4.69, 9.17) is 4.74 Å². The number of hydrogen-bond acceptors (Lipinski definition) is 4. The topological polar surface area (TPSA) is 66.9 Å². The molecule has 0 N–H and O–H groups in total. The predicted octanol–water partition coefficient (Wildman–Crippen LogP) is 1.08. The summed E-state index contributed by atoms with van der Waals surface area (Å²) in [5.74, 6) is 0.197. The van der Waals surface area contributed by atoms with Crippen LogP contribution in [0.5, 0.6) is 5.75 Å². The zero-order chi connectivity index (χ0) is 15.9. The van der Waals surface area contributed by atoms with Crippen LogP contribution in [0.2, 0.25) is 0 Å². The quantitative estimate of drug-likeness (QED) is 0.834. The van der Waals surface area contributed by atoms with Crippen molar-refractivity contribution in [3.63, 3.8) is 0 Å². The Morgan fingerprint density at radius 2 is 2.00 bits per heavy atom. The first kappa shape index (κ1) is 15.3. The maximum atomic E-state index is 13.0. The lowest BCUT2D eigenvalue weighted by molar-refractivity contribution is -0.139. The third-order valence-corrected chi connectivity index (χ3v) is 6.47. The van der Waals surface area contributed by atoms with Crippen molar-refractivity contribution < 1.29 is 17.9 Å². The molecular weight excluding hydrogens is 304 g/mol. The normalized spacial score (nSPS) is 26.1. The van der Waals surface area contributed by atoms with E-state index in [0.29, 0.717) is 12.3 Å². The molecule has 22 heavy (non-hydrogen) atoms. The molecule has 2 aliphatic rings. The summed E-state index contributed by atoms with van der Waals surface area (Å²) < 4.78 is 32.5. The molecule has 0 spiro atoms. The van der Waals surface area contributed by atoms with Crippen molar-refractivity contribution in [1.82, 2.24) is 9.21 Å². The molecule has 0 unspecified atom stereocenters. The lowest BCUT2D eigenvalue weighted by Gasteiger charge is -2.40. The van der Waals surface area contributed by atoms with Crippen molar-refractivity contribution in [3.05, 3.63) is 24.3 Å². The van der Waals surface area contributed by atoms with Crippen LogP contribution in [-0.4, -0.2) is 55.8 Å². The summed E-state index contributed by atoms with van der Waals surface area (Å²) in [5, 5.41) is 0. The predicted molar refractivity (Wildman–Crippen MR) is 81.1 cm³/mol. The van der Waals surface area contributed by atoms with Gasteiger partial charge in [-0.1, -0.05) is 12.1 Å². The summed E-state index contributed by atoms with van der Waals surface area (Å²) in [7, 11) is -2.32. The van der Waals surface area contributed by atoms with E-state index in [1.165, 1.54) is 17.5 Å². The van der Waals surface area contributed by atoms with Crippen molar-refractivity contribution in [3.8, 4) is 5.75 Å². The van der Waals surface area contributed by atoms with E-state index in [-0.39, 0.29) is 16.8 Å². The Bertz CT molecular complexity index is 689. The van der Waals surface area contributed by atoms with Crippen LogP contribution in [0.4, 0.5) is 0 Å². The van der Waals surface area contributed by atoms with Gasteiger partial charge < -0.3 is 9.64 Å². The second-order valence-corrected chi connectivity index (χ2v) is 7.59. The number of carbonyl (C=O) groups is 1. The highest BCUT2D eigenvalue weighted by atomic mass is 32.2. The number of nitrogens with zero attached hydrogens (tertiary/aromatic N) is 2. The molecule has 2 heterocycles. The van der Waals surface area contributed by atoms with Crippen molar-refractivity contribution >= 4 is 15.9 Å². The molecule has 0 saturated carbocycles. The first-order chi connectivity index (χ1) is 10.5. The molecule has 0 bridgehead atoms. The summed E-state index contributed by atoms with van der Waals surface area (Å²) >= 11 is 0. The number of piperazine rings is 1. The van der Waals surface area contributed by atoms with Gasteiger partial charge in [-0.25, -0.2) is 8.42 Å². The van der Waals surface area contributed by atoms with E-state index in [1.807, 2.05) is 4.90 Å². The summed E-state index contributed by atoms with van der Waals surface area (Å²) in [4.78, 5) is 14.4. The van der Waals surface area contributed by atoms with Crippen LogP contribution >= 0.6 is 0 Å². The monoisotopic (exact) mass is 324 g/mol. The van der Waals surface area contributed by atoms with Crippen molar-refractivity contribution in [2.24, 2.45) is 0 Å². The summed E-state index contributed by atoms with van der Waals surface area (Å²) in [5.41, 5.74) is 0. The Labute approximate surface area is 130 Å². The molecule has 1 aromatic carbocycles. The van der Waals surface area contributed by atoms with Gasteiger partial charge in [0.05, 0.1) is 7.11 Å².